The third-order valence-corrected chi connectivity index (χ3v) is 8.03. The van der Waals surface area contributed by atoms with Crippen molar-refractivity contribution in [3.63, 3.8) is 0 Å². The normalized spacial score (nSPS) is 14.0. The summed E-state index contributed by atoms with van der Waals surface area (Å²) in [6.07, 6.45) is 3.06. The van der Waals surface area contributed by atoms with Crippen molar-refractivity contribution in [3.8, 4) is 0 Å². The number of aryl methyl sites for hydroxylation is 3. The topological polar surface area (TPSA) is 83.9 Å². The molecule has 0 unspecified atom stereocenters. The van der Waals surface area contributed by atoms with Crippen molar-refractivity contribution < 1.29 is 9.59 Å². The van der Waals surface area contributed by atoms with Crippen molar-refractivity contribution in [3.05, 3.63) is 94.2 Å². The van der Waals surface area contributed by atoms with Crippen LogP contribution in [0.4, 0.5) is 0 Å². The summed E-state index contributed by atoms with van der Waals surface area (Å²) in [4.78, 5) is 32.1. The van der Waals surface area contributed by atoms with E-state index in [0.717, 1.165) is 44.3 Å². The SMILES string of the molecule is C=CC(=O)N1CC(CC(=O)c2c(C)nc(CCc3[nH]nc4cc(Cl)c(C(C)(C)C)cc34)n2Cc2ccccc2)C1. The van der Waals surface area contributed by atoms with Crippen molar-refractivity contribution >= 4 is 34.2 Å². The van der Waals surface area contributed by atoms with Gasteiger partial charge in [-0.1, -0.05) is 69.3 Å². The molecule has 3 heterocycles. The lowest BCUT2D eigenvalue weighted by Crippen LogP contribution is -2.50. The number of amides is 1. The number of nitrogens with zero attached hydrogens (tertiary/aromatic N) is 4. The molecule has 0 spiro atoms. The van der Waals surface area contributed by atoms with E-state index in [1.165, 1.54) is 6.08 Å². The van der Waals surface area contributed by atoms with E-state index < -0.39 is 0 Å². The van der Waals surface area contributed by atoms with Gasteiger partial charge in [-0.2, -0.15) is 5.10 Å². The van der Waals surface area contributed by atoms with Crippen LogP contribution in [0, 0.1) is 12.8 Å². The van der Waals surface area contributed by atoms with Gasteiger partial charge in [0.1, 0.15) is 11.5 Å². The summed E-state index contributed by atoms with van der Waals surface area (Å²) >= 11 is 6.58. The van der Waals surface area contributed by atoms with Gasteiger partial charge in [0.25, 0.3) is 0 Å². The first-order valence-electron chi connectivity index (χ1n) is 13.8. The third kappa shape index (κ3) is 5.61. The highest BCUT2D eigenvalue weighted by Gasteiger charge is 2.33. The lowest BCUT2D eigenvalue weighted by molar-refractivity contribution is -0.132. The van der Waals surface area contributed by atoms with Gasteiger partial charge in [0, 0.05) is 54.5 Å². The van der Waals surface area contributed by atoms with Gasteiger partial charge in [0.15, 0.2) is 5.78 Å². The Morgan fingerprint density at radius 2 is 1.88 bits per heavy atom. The maximum Gasteiger partial charge on any atom is 0.245 e. The van der Waals surface area contributed by atoms with E-state index in [-0.39, 0.29) is 23.0 Å². The second-order valence-corrected chi connectivity index (χ2v) is 12.2. The minimum Gasteiger partial charge on any atom is -0.338 e. The lowest BCUT2D eigenvalue weighted by Gasteiger charge is -2.38. The molecule has 0 aliphatic carbocycles. The van der Waals surface area contributed by atoms with E-state index in [2.05, 4.69) is 60.3 Å². The standard InChI is InChI=1S/C32H36ClN5O2/c1-6-30(40)37-17-22(18-37)14-28(39)31-20(2)34-29(38(31)19-21-10-8-7-9-11-21)13-12-26-23-15-24(32(3,4)5)25(33)16-27(23)36-35-26/h6-11,15-16,22H,1,12-14,17-19H2,2-5H3,(H,35,36). The van der Waals surface area contributed by atoms with Crippen molar-refractivity contribution in [1.82, 2.24) is 24.6 Å². The van der Waals surface area contributed by atoms with E-state index in [1.54, 1.807) is 4.90 Å². The largest absolute Gasteiger partial charge is 0.338 e. The summed E-state index contributed by atoms with van der Waals surface area (Å²) in [5, 5.41) is 9.50. The van der Waals surface area contributed by atoms with Crippen molar-refractivity contribution in [2.75, 3.05) is 13.1 Å². The molecule has 1 saturated heterocycles. The third-order valence-electron chi connectivity index (χ3n) is 7.71. The fraction of sp³-hybridized carbons (Fsp3) is 0.375. The van der Waals surface area contributed by atoms with Gasteiger partial charge in [0.2, 0.25) is 5.91 Å². The second kappa shape index (κ2) is 11.0. The zero-order chi connectivity index (χ0) is 28.6. The molecular weight excluding hydrogens is 522 g/mol. The Kier molecular flexibility index (Phi) is 7.69. The van der Waals surface area contributed by atoms with Gasteiger partial charge in [-0.25, -0.2) is 4.98 Å². The molecule has 0 bridgehead atoms. The number of H-pyrrole nitrogens is 1. The summed E-state index contributed by atoms with van der Waals surface area (Å²) < 4.78 is 2.08. The van der Waals surface area contributed by atoms with Gasteiger partial charge in [-0.05, 0) is 48.1 Å². The van der Waals surface area contributed by atoms with Crippen molar-refractivity contribution in [1.29, 1.82) is 0 Å². The van der Waals surface area contributed by atoms with E-state index >= 15 is 0 Å². The summed E-state index contributed by atoms with van der Waals surface area (Å²) in [6, 6.07) is 14.2. The number of hydrogen-bond acceptors (Lipinski definition) is 4. The molecule has 1 fully saturated rings. The molecule has 2 aromatic carbocycles. The number of fused-ring (bicyclic) bond motifs is 1. The number of carbonyl (C=O) groups excluding carboxylic acids is 2. The Hall–Kier alpha value is -3.71. The fourth-order valence-corrected chi connectivity index (χ4v) is 6.01. The maximum atomic E-state index is 13.6. The number of halogens is 1. The molecule has 208 valence electrons. The zero-order valence-electron chi connectivity index (χ0n) is 23.6. The molecule has 5 rings (SSSR count). The van der Waals surface area contributed by atoms with E-state index in [9.17, 15) is 9.59 Å². The maximum absolute atomic E-state index is 13.6. The highest BCUT2D eigenvalue weighted by molar-refractivity contribution is 6.32. The van der Waals surface area contributed by atoms with Crippen LogP contribution in [-0.2, 0) is 29.6 Å². The predicted molar refractivity (Wildman–Crippen MR) is 159 cm³/mol. The number of imidazole rings is 1. The van der Waals surface area contributed by atoms with Crippen molar-refractivity contribution in [2.45, 2.75) is 58.9 Å². The van der Waals surface area contributed by atoms with Gasteiger partial charge < -0.3 is 9.47 Å². The Morgan fingerprint density at radius 1 is 1.15 bits per heavy atom. The first-order chi connectivity index (χ1) is 19.0. The first-order valence-corrected chi connectivity index (χ1v) is 14.1. The summed E-state index contributed by atoms with van der Waals surface area (Å²) in [5.74, 6) is 1.01. The molecule has 4 aromatic rings. The summed E-state index contributed by atoms with van der Waals surface area (Å²) in [5.41, 5.74) is 5.37. The van der Waals surface area contributed by atoms with Crippen LogP contribution in [-0.4, -0.2) is 49.4 Å². The molecule has 1 amide bonds. The van der Waals surface area contributed by atoms with Crippen LogP contribution in [0.5, 0.6) is 0 Å². The van der Waals surface area contributed by atoms with Crippen LogP contribution in [0.2, 0.25) is 5.02 Å². The number of aromatic nitrogens is 4. The molecule has 0 saturated carbocycles. The number of nitrogens with one attached hydrogen (secondary N) is 1. The quantitative estimate of drug-likeness (QED) is 0.200. The van der Waals surface area contributed by atoms with Gasteiger partial charge in [0.05, 0.1) is 11.2 Å². The number of Topliss-reactive ketones (excluding diaryl/α,β-unsaturated/α-hetero) is 1. The molecule has 8 heteroatoms. The zero-order valence-corrected chi connectivity index (χ0v) is 24.4. The number of carbonyl (C=O) groups is 2. The van der Waals surface area contributed by atoms with Crippen LogP contribution in [0.3, 0.4) is 0 Å². The molecule has 1 aliphatic heterocycles. The predicted octanol–water partition coefficient (Wildman–Crippen LogP) is 6.07. The highest BCUT2D eigenvalue weighted by atomic mass is 35.5. The molecule has 0 radical (unpaired) electrons. The van der Waals surface area contributed by atoms with E-state index in [4.69, 9.17) is 16.6 Å². The molecular formula is C32H36ClN5O2. The van der Waals surface area contributed by atoms with Crippen LogP contribution in [0.1, 0.15) is 66.0 Å². The summed E-state index contributed by atoms with van der Waals surface area (Å²) in [6.45, 7) is 13.7. The van der Waals surface area contributed by atoms with E-state index in [1.807, 2.05) is 31.2 Å². The minimum absolute atomic E-state index is 0.0688. The Morgan fingerprint density at radius 3 is 2.55 bits per heavy atom. The van der Waals surface area contributed by atoms with Gasteiger partial charge >= 0.3 is 0 Å². The van der Waals surface area contributed by atoms with Crippen molar-refractivity contribution in [2.24, 2.45) is 5.92 Å². The smallest absolute Gasteiger partial charge is 0.245 e. The fourth-order valence-electron chi connectivity index (χ4n) is 5.56. The number of ketones is 1. The van der Waals surface area contributed by atoms with Gasteiger partial charge in [-0.15, -0.1) is 0 Å². The Bertz CT molecular complexity index is 1570. The molecule has 40 heavy (non-hydrogen) atoms. The Balaban J connectivity index is 1.41. The molecule has 2 aromatic heterocycles. The van der Waals surface area contributed by atoms with Crippen LogP contribution in [0.15, 0.2) is 55.1 Å². The molecule has 1 aliphatic rings. The second-order valence-electron chi connectivity index (χ2n) is 11.8. The lowest BCUT2D eigenvalue weighted by atomic mass is 9.86. The minimum atomic E-state index is -0.0887. The van der Waals surface area contributed by atoms with E-state index in [0.29, 0.717) is 44.6 Å². The number of aromatic amines is 1. The monoisotopic (exact) mass is 557 g/mol. The molecule has 0 atom stereocenters. The number of likely N-dealkylation sites (tertiary alicyclic amines) is 1. The summed E-state index contributed by atoms with van der Waals surface area (Å²) in [7, 11) is 0. The number of hydrogen-bond donors (Lipinski definition) is 1. The average molecular weight is 558 g/mol. The molecule has 7 nitrogen and oxygen atoms in total. The van der Waals surface area contributed by atoms with Crippen LogP contribution < -0.4 is 0 Å². The number of rotatable bonds is 9. The van der Waals surface area contributed by atoms with Crippen LogP contribution >= 0.6 is 11.6 Å². The Labute approximate surface area is 240 Å². The average Bonchev–Trinajstić information content (AvgIpc) is 3.42. The van der Waals surface area contributed by atoms with Gasteiger partial charge in [-0.3, -0.25) is 14.7 Å². The highest BCUT2D eigenvalue weighted by Crippen LogP contribution is 2.34. The number of benzene rings is 2. The first kappa shape index (κ1) is 27.8. The van der Waals surface area contributed by atoms with Crippen LogP contribution in [0.25, 0.3) is 10.9 Å². The molecule has 1 N–H and O–H groups in total.